The summed E-state index contributed by atoms with van der Waals surface area (Å²) in [6, 6.07) is 0. The number of carbonyl (C=O) groups excluding carboxylic acids is 1. The zero-order valence-corrected chi connectivity index (χ0v) is 12.1. The SMILES string of the molecule is CC(C)(C)N(CCCCCNC(=O)CCl)C(=O)O. The first-order valence-electron chi connectivity index (χ1n) is 6.12. The normalized spacial score (nSPS) is 11.1. The first-order valence-corrected chi connectivity index (χ1v) is 6.65. The second-order valence-corrected chi connectivity index (χ2v) is 5.42. The minimum Gasteiger partial charge on any atom is -0.465 e. The maximum atomic E-state index is 11.0. The van der Waals surface area contributed by atoms with Crippen LogP contribution in [0.5, 0.6) is 0 Å². The van der Waals surface area contributed by atoms with Crippen LogP contribution in [0.4, 0.5) is 4.79 Å². The van der Waals surface area contributed by atoms with Gasteiger partial charge in [-0.3, -0.25) is 4.79 Å². The third kappa shape index (κ3) is 7.37. The molecular formula is C12H23ClN2O3. The van der Waals surface area contributed by atoms with Crippen LogP contribution in [0.1, 0.15) is 40.0 Å². The van der Waals surface area contributed by atoms with Crippen LogP contribution in [-0.2, 0) is 4.79 Å². The Hall–Kier alpha value is -0.970. The van der Waals surface area contributed by atoms with Crippen LogP contribution in [0.15, 0.2) is 0 Å². The Labute approximate surface area is 113 Å². The smallest absolute Gasteiger partial charge is 0.407 e. The Balaban J connectivity index is 3.76. The molecular weight excluding hydrogens is 256 g/mol. The molecule has 6 heteroatoms. The Bertz CT molecular complexity index is 277. The summed E-state index contributed by atoms with van der Waals surface area (Å²) < 4.78 is 0. The monoisotopic (exact) mass is 278 g/mol. The van der Waals surface area contributed by atoms with E-state index in [9.17, 15) is 9.59 Å². The van der Waals surface area contributed by atoms with Crippen molar-refractivity contribution in [2.24, 2.45) is 0 Å². The highest BCUT2D eigenvalue weighted by Crippen LogP contribution is 2.14. The van der Waals surface area contributed by atoms with Gasteiger partial charge in [0.25, 0.3) is 0 Å². The van der Waals surface area contributed by atoms with Crippen molar-refractivity contribution in [1.29, 1.82) is 0 Å². The van der Waals surface area contributed by atoms with Crippen molar-refractivity contribution in [2.75, 3.05) is 19.0 Å². The molecule has 0 aliphatic heterocycles. The zero-order chi connectivity index (χ0) is 14.2. The van der Waals surface area contributed by atoms with Gasteiger partial charge in [-0.2, -0.15) is 0 Å². The molecule has 0 saturated carbocycles. The number of hydrogen-bond donors (Lipinski definition) is 2. The molecule has 0 spiro atoms. The minimum absolute atomic E-state index is 0.0170. The number of alkyl halides is 1. The highest BCUT2D eigenvalue weighted by Gasteiger charge is 2.24. The summed E-state index contributed by atoms with van der Waals surface area (Å²) in [6.45, 7) is 6.74. The molecule has 0 radical (unpaired) electrons. The number of unbranched alkanes of at least 4 members (excludes halogenated alkanes) is 2. The summed E-state index contributed by atoms with van der Waals surface area (Å²) in [5, 5.41) is 11.7. The molecule has 0 aromatic heterocycles. The Morgan fingerprint density at radius 3 is 2.28 bits per heavy atom. The van der Waals surface area contributed by atoms with Crippen molar-refractivity contribution in [1.82, 2.24) is 10.2 Å². The largest absolute Gasteiger partial charge is 0.465 e. The van der Waals surface area contributed by atoms with Crippen molar-refractivity contribution in [3.05, 3.63) is 0 Å². The van der Waals surface area contributed by atoms with Crippen molar-refractivity contribution in [2.45, 2.75) is 45.6 Å². The Kier molecular flexibility index (Phi) is 7.75. The van der Waals surface area contributed by atoms with Crippen molar-refractivity contribution in [3.8, 4) is 0 Å². The van der Waals surface area contributed by atoms with Gasteiger partial charge < -0.3 is 15.3 Å². The third-order valence-corrected chi connectivity index (χ3v) is 2.79. The van der Waals surface area contributed by atoms with E-state index in [2.05, 4.69) is 5.32 Å². The molecule has 2 amide bonds. The van der Waals surface area contributed by atoms with E-state index in [0.29, 0.717) is 13.1 Å². The second-order valence-electron chi connectivity index (χ2n) is 5.15. The van der Waals surface area contributed by atoms with Gasteiger partial charge in [0.2, 0.25) is 5.91 Å². The predicted octanol–water partition coefficient (Wildman–Crippen LogP) is 2.29. The lowest BCUT2D eigenvalue weighted by Crippen LogP contribution is -2.45. The highest BCUT2D eigenvalue weighted by molar-refractivity contribution is 6.27. The number of rotatable bonds is 7. The van der Waals surface area contributed by atoms with E-state index in [1.807, 2.05) is 20.8 Å². The molecule has 18 heavy (non-hydrogen) atoms. The average molecular weight is 279 g/mol. The molecule has 0 atom stereocenters. The van der Waals surface area contributed by atoms with Crippen LogP contribution in [0.2, 0.25) is 0 Å². The molecule has 0 saturated heterocycles. The van der Waals surface area contributed by atoms with Crippen LogP contribution < -0.4 is 5.32 Å². The molecule has 0 aromatic carbocycles. The number of carboxylic acid groups (broad SMARTS) is 1. The van der Waals surface area contributed by atoms with Crippen LogP contribution in [0, 0.1) is 0 Å². The number of amides is 2. The molecule has 0 rings (SSSR count). The van der Waals surface area contributed by atoms with E-state index in [0.717, 1.165) is 19.3 Å². The molecule has 106 valence electrons. The number of nitrogens with one attached hydrogen (secondary N) is 1. The minimum atomic E-state index is -0.891. The quantitative estimate of drug-likeness (QED) is 0.554. The summed E-state index contributed by atoms with van der Waals surface area (Å²) in [7, 11) is 0. The highest BCUT2D eigenvalue weighted by atomic mass is 35.5. The van der Waals surface area contributed by atoms with E-state index in [1.54, 1.807) is 0 Å². The van der Waals surface area contributed by atoms with E-state index in [4.69, 9.17) is 16.7 Å². The first-order chi connectivity index (χ1) is 8.29. The predicted molar refractivity (Wildman–Crippen MR) is 72.1 cm³/mol. The zero-order valence-electron chi connectivity index (χ0n) is 11.3. The van der Waals surface area contributed by atoms with Crippen LogP contribution in [0.3, 0.4) is 0 Å². The van der Waals surface area contributed by atoms with Gasteiger partial charge in [-0.05, 0) is 40.0 Å². The first kappa shape index (κ1) is 17.0. The lowest BCUT2D eigenvalue weighted by atomic mass is 10.1. The molecule has 2 N–H and O–H groups in total. The van der Waals surface area contributed by atoms with Crippen molar-refractivity contribution in [3.63, 3.8) is 0 Å². The molecule has 0 heterocycles. The van der Waals surface area contributed by atoms with Crippen LogP contribution in [-0.4, -0.2) is 46.5 Å². The number of hydrogen-bond acceptors (Lipinski definition) is 2. The summed E-state index contributed by atoms with van der Waals surface area (Å²) in [5.74, 6) is -0.185. The fraction of sp³-hybridized carbons (Fsp3) is 0.833. The fourth-order valence-electron chi connectivity index (χ4n) is 1.56. The van der Waals surface area contributed by atoms with E-state index < -0.39 is 6.09 Å². The number of halogens is 1. The third-order valence-electron chi connectivity index (χ3n) is 2.54. The summed E-state index contributed by atoms with van der Waals surface area (Å²) in [5.41, 5.74) is -0.376. The van der Waals surface area contributed by atoms with Crippen molar-refractivity contribution >= 4 is 23.6 Å². The second kappa shape index (κ2) is 8.19. The van der Waals surface area contributed by atoms with Crippen LogP contribution >= 0.6 is 11.6 Å². The topological polar surface area (TPSA) is 69.6 Å². The lowest BCUT2D eigenvalue weighted by Gasteiger charge is -2.33. The van der Waals surface area contributed by atoms with Gasteiger partial charge in [-0.25, -0.2) is 4.79 Å². The summed E-state index contributed by atoms with van der Waals surface area (Å²) >= 11 is 5.33. The van der Waals surface area contributed by atoms with Gasteiger partial charge in [-0.1, -0.05) is 0 Å². The molecule has 5 nitrogen and oxygen atoms in total. The van der Waals surface area contributed by atoms with Gasteiger partial charge >= 0.3 is 6.09 Å². The van der Waals surface area contributed by atoms with Gasteiger partial charge in [0.05, 0.1) is 0 Å². The molecule has 0 fully saturated rings. The average Bonchev–Trinajstić information content (AvgIpc) is 2.25. The lowest BCUT2D eigenvalue weighted by molar-refractivity contribution is -0.118. The van der Waals surface area contributed by atoms with E-state index in [-0.39, 0.29) is 17.3 Å². The van der Waals surface area contributed by atoms with Crippen LogP contribution in [0.25, 0.3) is 0 Å². The number of nitrogens with zero attached hydrogens (tertiary/aromatic N) is 1. The molecule has 0 aliphatic rings. The summed E-state index contributed by atoms with van der Waals surface area (Å²) in [4.78, 5) is 23.3. The van der Waals surface area contributed by atoms with Gasteiger partial charge in [0, 0.05) is 18.6 Å². The molecule has 0 aliphatic carbocycles. The Morgan fingerprint density at radius 2 is 1.83 bits per heavy atom. The summed E-state index contributed by atoms with van der Waals surface area (Å²) in [6.07, 6.45) is 1.61. The maximum Gasteiger partial charge on any atom is 0.407 e. The molecule has 0 aromatic rings. The number of carbonyl (C=O) groups is 2. The van der Waals surface area contributed by atoms with E-state index >= 15 is 0 Å². The fourth-order valence-corrected chi connectivity index (χ4v) is 1.66. The molecule has 0 unspecified atom stereocenters. The van der Waals surface area contributed by atoms with Gasteiger partial charge in [-0.15, -0.1) is 11.6 Å². The van der Waals surface area contributed by atoms with E-state index in [1.165, 1.54) is 4.90 Å². The molecule has 0 bridgehead atoms. The standard InChI is InChI=1S/C12H23ClN2O3/c1-12(2,3)15(11(17)18)8-6-4-5-7-14-10(16)9-13/h4-9H2,1-3H3,(H,14,16)(H,17,18). The van der Waals surface area contributed by atoms with Gasteiger partial charge in [0.15, 0.2) is 0 Å². The van der Waals surface area contributed by atoms with Crippen molar-refractivity contribution < 1.29 is 14.7 Å². The van der Waals surface area contributed by atoms with Gasteiger partial charge in [0.1, 0.15) is 5.88 Å². The Morgan fingerprint density at radius 1 is 1.22 bits per heavy atom. The maximum absolute atomic E-state index is 11.0.